The normalized spacial score (nSPS) is 10.4. The first-order valence-electron chi connectivity index (χ1n) is 8.48. The molecule has 7 heteroatoms. The van der Waals surface area contributed by atoms with E-state index in [0.29, 0.717) is 18.0 Å². The Balaban J connectivity index is 0.000000273. The number of ether oxygens (including phenoxy) is 1. The van der Waals surface area contributed by atoms with Crippen LogP contribution in [0.25, 0.3) is 4.98 Å². The van der Waals surface area contributed by atoms with Crippen LogP contribution in [0.1, 0.15) is 38.2 Å². The first kappa shape index (κ1) is 21.6. The molecule has 0 aromatic heterocycles. The summed E-state index contributed by atoms with van der Waals surface area (Å²) in [7, 11) is -4.27. The first-order valence-corrected chi connectivity index (χ1v) is 9.88. The van der Waals surface area contributed by atoms with Gasteiger partial charge in [-0.15, -0.1) is 0 Å². The van der Waals surface area contributed by atoms with Crippen molar-refractivity contribution in [2.45, 2.75) is 44.4 Å². The molecule has 6 nitrogen and oxygen atoms in total. The van der Waals surface area contributed by atoms with Crippen molar-refractivity contribution in [3.8, 4) is 5.75 Å². The molecule has 0 saturated heterocycles. The average Bonchev–Trinajstić information content (AvgIpc) is 2.62. The van der Waals surface area contributed by atoms with Crippen LogP contribution in [0.3, 0.4) is 0 Å². The zero-order chi connectivity index (χ0) is 19.4. The first-order chi connectivity index (χ1) is 12.4. The molecular formula is C19H24N2O4S. The van der Waals surface area contributed by atoms with E-state index in [1.807, 2.05) is 25.1 Å². The quantitative estimate of drug-likeness (QED) is 0.384. The maximum absolute atomic E-state index is 10.4. The summed E-state index contributed by atoms with van der Waals surface area (Å²) in [5, 5.41) is 8.70. The van der Waals surface area contributed by atoms with E-state index >= 15 is 0 Å². The summed E-state index contributed by atoms with van der Waals surface area (Å²) in [5.74, 6) is 0.650. The van der Waals surface area contributed by atoms with E-state index in [-0.39, 0.29) is 4.90 Å². The van der Waals surface area contributed by atoms with Gasteiger partial charge < -0.3 is 9.29 Å². The predicted octanol–water partition coefficient (Wildman–Crippen LogP) is 5.03. The number of rotatable bonds is 7. The molecule has 0 aliphatic heterocycles. The Morgan fingerprint density at radius 3 is 2.27 bits per heavy atom. The second kappa shape index (κ2) is 11.2. The van der Waals surface area contributed by atoms with Crippen molar-refractivity contribution in [2.24, 2.45) is 0 Å². The highest BCUT2D eigenvalue weighted by molar-refractivity contribution is 7.85. The number of hydrogen-bond acceptors (Lipinski definition) is 5. The highest BCUT2D eigenvalue weighted by Crippen LogP contribution is 2.26. The van der Waals surface area contributed by atoms with Crippen molar-refractivity contribution in [3.63, 3.8) is 0 Å². The van der Waals surface area contributed by atoms with Crippen LogP contribution in [0.4, 0.5) is 5.69 Å². The third kappa shape index (κ3) is 8.10. The van der Waals surface area contributed by atoms with Gasteiger partial charge in [0.25, 0.3) is 0 Å². The van der Waals surface area contributed by atoms with Crippen molar-refractivity contribution in [3.05, 3.63) is 59.1 Å². The molecule has 140 valence electrons. The molecule has 0 amide bonds. The van der Waals surface area contributed by atoms with E-state index in [2.05, 4.69) is 11.9 Å². The van der Waals surface area contributed by atoms with Gasteiger partial charge in [0, 0.05) is 6.07 Å². The smallest absolute Gasteiger partial charge is 0.426 e. The molecule has 0 bridgehead atoms. The lowest BCUT2D eigenvalue weighted by atomic mass is 10.2. The fourth-order valence-corrected chi connectivity index (χ4v) is 2.55. The Labute approximate surface area is 155 Å². The molecule has 0 saturated carbocycles. The highest BCUT2D eigenvalue weighted by Gasteiger charge is 2.12. The van der Waals surface area contributed by atoms with Crippen LogP contribution in [0, 0.1) is 12.3 Å². The summed E-state index contributed by atoms with van der Waals surface area (Å²) in [6, 6.07) is 13.0. The van der Waals surface area contributed by atoms with Crippen LogP contribution in [0.15, 0.2) is 53.4 Å². The fraction of sp³-hybridized carbons (Fsp3) is 0.368. The predicted molar refractivity (Wildman–Crippen MR) is 100.0 cm³/mol. The molecule has 0 fully saturated rings. The van der Waals surface area contributed by atoms with E-state index in [1.165, 1.54) is 31.4 Å². The van der Waals surface area contributed by atoms with Crippen molar-refractivity contribution in [1.82, 2.24) is 0 Å². The Bertz CT molecular complexity index is 812. The van der Waals surface area contributed by atoms with Gasteiger partial charge in [0.2, 0.25) is 11.1 Å². The second-order valence-corrected chi connectivity index (χ2v) is 7.12. The topological polar surface area (TPSA) is 94.6 Å². The second-order valence-electron chi connectivity index (χ2n) is 5.74. The van der Waals surface area contributed by atoms with Gasteiger partial charge in [-0.05, 0) is 31.5 Å². The lowest BCUT2D eigenvalue weighted by Crippen LogP contribution is -1.97. The van der Waals surface area contributed by atoms with E-state index in [9.17, 15) is 13.0 Å². The van der Waals surface area contributed by atoms with Crippen LogP contribution in [-0.2, 0) is 10.1 Å². The van der Waals surface area contributed by atoms with E-state index < -0.39 is 10.1 Å². The molecule has 0 aliphatic carbocycles. The van der Waals surface area contributed by atoms with E-state index in [4.69, 9.17) is 10.1 Å². The number of para-hydroxylation sites is 1. The zero-order valence-electron chi connectivity index (χ0n) is 15.1. The molecule has 0 N–H and O–H groups in total. The lowest BCUT2D eigenvalue weighted by Gasteiger charge is -2.05. The number of hydrogen-bond donors (Lipinski definition) is 0. The summed E-state index contributed by atoms with van der Waals surface area (Å²) in [4.78, 5) is 2.98. The van der Waals surface area contributed by atoms with Gasteiger partial charge in [0.1, 0.15) is 10.1 Å². The van der Waals surface area contributed by atoms with Crippen LogP contribution in [0.5, 0.6) is 5.75 Å². The maximum Gasteiger partial charge on any atom is 0.426 e. The standard InChI is InChI=1S/C12H17N2O.C7H8O3S/c1-2-3-4-7-10-15-12-9-6-5-8-11(12)14-13;1-6-2-4-7(5-3-6)11(8,9)10/h5-6,8-9H,2-4,7,10H2,1H3;2-5H,1H3,(H,8,9,10)/q+1;/p-1. The molecule has 0 aliphatic rings. The van der Waals surface area contributed by atoms with Crippen LogP contribution in [0.2, 0.25) is 0 Å². The summed E-state index contributed by atoms with van der Waals surface area (Å²) < 4.78 is 36.7. The van der Waals surface area contributed by atoms with E-state index in [0.717, 1.165) is 12.0 Å². The van der Waals surface area contributed by atoms with Gasteiger partial charge >= 0.3 is 5.69 Å². The van der Waals surface area contributed by atoms with Crippen LogP contribution in [-0.4, -0.2) is 19.6 Å². The average molecular weight is 376 g/mol. The zero-order valence-corrected chi connectivity index (χ0v) is 15.9. The molecule has 2 rings (SSSR count). The Kier molecular flexibility index (Phi) is 9.34. The maximum atomic E-state index is 10.4. The largest absolute Gasteiger partial charge is 0.744 e. The summed E-state index contributed by atoms with van der Waals surface area (Å²) in [6.07, 6.45) is 4.71. The highest BCUT2D eigenvalue weighted by atomic mass is 32.2. The van der Waals surface area contributed by atoms with E-state index in [1.54, 1.807) is 18.2 Å². The van der Waals surface area contributed by atoms with Crippen LogP contribution >= 0.6 is 0 Å². The Morgan fingerprint density at radius 1 is 1.04 bits per heavy atom. The molecule has 2 aromatic rings. The molecular weight excluding hydrogens is 352 g/mol. The molecule has 0 heterocycles. The Hall–Kier alpha value is -2.43. The minimum Gasteiger partial charge on any atom is -0.744 e. The minimum absolute atomic E-state index is 0.178. The molecule has 0 atom stereocenters. The molecule has 2 aromatic carbocycles. The molecule has 26 heavy (non-hydrogen) atoms. The van der Waals surface area contributed by atoms with Crippen molar-refractivity contribution in [1.29, 1.82) is 5.39 Å². The van der Waals surface area contributed by atoms with Gasteiger partial charge in [0.15, 0.2) is 4.98 Å². The molecule has 0 spiro atoms. The van der Waals surface area contributed by atoms with Gasteiger partial charge in [-0.1, -0.05) is 56.0 Å². The summed E-state index contributed by atoms with van der Waals surface area (Å²) in [6.45, 7) is 4.69. The van der Waals surface area contributed by atoms with Gasteiger partial charge in [-0.25, -0.2) is 8.42 Å². The summed E-state index contributed by atoms with van der Waals surface area (Å²) in [5.41, 5.74) is 1.42. The van der Waals surface area contributed by atoms with Crippen molar-refractivity contribution >= 4 is 15.8 Å². The number of diazo groups is 1. The lowest BCUT2D eigenvalue weighted by molar-refractivity contribution is 0.307. The third-order valence-electron chi connectivity index (χ3n) is 3.54. The van der Waals surface area contributed by atoms with Gasteiger partial charge in [0.05, 0.1) is 11.5 Å². The Morgan fingerprint density at radius 2 is 1.69 bits per heavy atom. The number of benzene rings is 2. The summed E-state index contributed by atoms with van der Waals surface area (Å²) >= 11 is 0. The van der Waals surface area contributed by atoms with Crippen molar-refractivity contribution < 1.29 is 17.7 Å². The fourth-order valence-electron chi connectivity index (χ4n) is 2.08. The van der Waals surface area contributed by atoms with Crippen molar-refractivity contribution in [2.75, 3.05) is 6.61 Å². The minimum atomic E-state index is -4.27. The van der Waals surface area contributed by atoms with Gasteiger partial charge in [-0.3, -0.25) is 0 Å². The van der Waals surface area contributed by atoms with Crippen LogP contribution < -0.4 is 4.74 Å². The number of nitrogens with zero attached hydrogens (tertiary/aromatic N) is 2. The monoisotopic (exact) mass is 376 g/mol. The third-order valence-corrected chi connectivity index (χ3v) is 4.39. The molecule has 0 unspecified atom stereocenters. The number of unbranched alkanes of at least 4 members (excludes halogenated alkanes) is 3. The SMILES string of the molecule is CCCCCCOc1ccccc1[N+]#N.Cc1ccc(S(=O)(=O)[O-])cc1. The molecule has 0 radical (unpaired) electrons. The van der Waals surface area contributed by atoms with Gasteiger partial charge in [-0.2, -0.15) is 0 Å². The number of aryl methyl sites for hydroxylation is 1.